The lowest BCUT2D eigenvalue weighted by Gasteiger charge is -2.10. The van der Waals surface area contributed by atoms with E-state index in [0.717, 1.165) is 31.4 Å². The van der Waals surface area contributed by atoms with E-state index in [0.29, 0.717) is 0 Å². The normalized spacial score (nSPS) is 17.4. The Morgan fingerprint density at radius 1 is 1.47 bits per heavy atom. The maximum absolute atomic E-state index is 4.10. The molecule has 0 saturated heterocycles. The molecule has 4 heteroatoms. The summed E-state index contributed by atoms with van der Waals surface area (Å²) < 4.78 is 2.08. The molecule has 0 atom stereocenters. The molecule has 0 amide bonds. The lowest BCUT2D eigenvalue weighted by Crippen LogP contribution is -2.22. The van der Waals surface area contributed by atoms with E-state index in [2.05, 4.69) is 27.0 Å². The minimum Gasteiger partial charge on any atom is -0.317 e. The molecule has 2 rings (SSSR count). The van der Waals surface area contributed by atoms with Gasteiger partial charge in [0.05, 0.1) is 6.54 Å². The second-order valence-corrected chi connectivity index (χ2v) is 4.31. The number of aromatic nitrogens is 3. The van der Waals surface area contributed by atoms with Crippen LogP contribution >= 0.6 is 0 Å². The minimum atomic E-state index is 0.852. The van der Waals surface area contributed by atoms with E-state index in [9.17, 15) is 0 Å². The van der Waals surface area contributed by atoms with Crippen LogP contribution in [-0.2, 0) is 13.1 Å². The number of nitrogens with one attached hydrogen (secondary N) is 1. The highest BCUT2D eigenvalue weighted by Gasteiger charge is 2.14. The molecule has 1 fully saturated rings. The Hall–Kier alpha value is -0.900. The first kappa shape index (κ1) is 10.6. The van der Waals surface area contributed by atoms with Crippen molar-refractivity contribution in [3.05, 3.63) is 12.2 Å². The maximum atomic E-state index is 4.10. The van der Waals surface area contributed by atoms with Crippen molar-refractivity contribution in [2.45, 2.75) is 45.7 Å². The summed E-state index contributed by atoms with van der Waals surface area (Å²) >= 11 is 0. The SMILES string of the molecule is CCn1cnnc1CNCC1CCCC1. The van der Waals surface area contributed by atoms with E-state index in [1.54, 1.807) is 6.33 Å². The average Bonchev–Trinajstić information content (AvgIpc) is 2.88. The van der Waals surface area contributed by atoms with Gasteiger partial charge in [-0.2, -0.15) is 0 Å². The van der Waals surface area contributed by atoms with Crippen LogP contribution in [0.1, 0.15) is 38.4 Å². The predicted octanol–water partition coefficient (Wildman–Crippen LogP) is 1.58. The zero-order chi connectivity index (χ0) is 10.5. The van der Waals surface area contributed by atoms with Crippen LogP contribution in [0.25, 0.3) is 0 Å². The van der Waals surface area contributed by atoms with Crippen LogP contribution in [0.15, 0.2) is 6.33 Å². The van der Waals surface area contributed by atoms with E-state index >= 15 is 0 Å². The quantitative estimate of drug-likeness (QED) is 0.799. The first-order valence-electron chi connectivity index (χ1n) is 5.97. The Labute approximate surface area is 91.1 Å². The van der Waals surface area contributed by atoms with E-state index < -0.39 is 0 Å². The minimum absolute atomic E-state index is 0.852. The predicted molar refractivity (Wildman–Crippen MR) is 59.4 cm³/mol. The van der Waals surface area contributed by atoms with Crippen molar-refractivity contribution >= 4 is 0 Å². The topological polar surface area (TPSA) is 42.7 Å². The molecule has 15 heavy (non-hydrogen) atoms. The van der Waals surface area contributed by atoms with Crippen molar-refractivity contribution in [3.63, 3.8) is 0 Å². The Bertz CT molecular complexity index is 289. The Kier molecular flexibility index (Phi) is 3.72. The van der Waals surface area contributed by atoms with Gasteiger partial charge in [0.15, 0.2) is 0 Å². The standard InChI is InChI=1S/C11H20N4/c1-2-15-9-13-14-11(15)8-12-7-10-5-3-4-6-10/h9-10,12H,2-8H2,1H3. The number of hydrogen-bond acceptors (Lipinski definition) is 3. The monoisotopic (exact) mass is 208 g/mol. The third kappa shape index (κ3) is 2.78. The van der Waals surface area contributed by atoms with Gasteiger partial charge in [-0.25, -0.2) is 0 Å². The van der Waals surface area contributed by atoms with Gasteiger partial charge in [0, 0.05) is 6.54 Å². The van der Waals surface area contributed by atoms with Gasteiger partial charge in [0.1, 0.15) is 12.2 Å². The lowest BCUT2D eigenvalue weighted by molar-refractivity contribution is 0.478. The fraction of sp³-hybridized carbons (Fsp3) is 0.818. The molecule has 0 bridgehead atoms. The molecule has 0 aliphatic heterocycles. The van der Waals surface area contributed by atoms with Gasteiger partial charge in [-0.15, -0.1) is 10.2 Å². The molecular weight excluding hydrogens is 188 g/mol. The second kappa shape index (κ2) is 5.26. The smallest absolute Gasteiger partial charge is 0.146 e. The summed E-state index contributed by atoms with van der Waals surface area (Å²) in [5.41, 5.74) is 0. The molecule has 0 unspecified atom stereocenters. The van der Waals surface area contributed by atoms with Crippen molar-refractivity contribution in [1.29, 1.82) is 0 Å². The van der Waals surface area contributed by atoms with Crippen LogP contribution in [0, 0.1) is 5.92 Å². The summed E-state index contributed by atoms with van der Waals surface area (Å²) in [7, 11) is 0. The van der Waals surface area contributed by atoms with Gasteiger partial charge in [-0.05, 0) is 32.2 Å². The van der Waals surface area contributed by atoms with Gasteiger partial charge >= 0.3 is 0 Å². The molecule has 1 aliphatic rings. The van der Waals surface area contributed by atoms with Gasteiger partial charge < -0.3 is 9.88 Å². The van der Waals surface area contributed by atoms with Crippen LogP contribution in [0.2, 0.25) is 0 Å². The van der Waals surface area contributed by atoms with E-state index in [-0.39, 0.29) is 0 Å². The van der Waals surface area contributed by atoms with Gasteiger partial charge in [0.25, 0.3) is 0 Å². The highest BCUT2D eigenvalue weighted by Crippen LogP contribution is 2.23. The molecule has 1 heterocycles. The molecule has 1 aliphatic carbocycles. The molecule has 84 valence electrons. The van der Waals surface area contributed by atoms with Crippen LogP contribution in [0.4, 0.5) is 0 Å². The van der Waals surface area contributed by atoms with E-state index in [1.165, 1.54) is 25.7 Å². The van der Waals surface area contributed by atoms with Gasteiger partial charge in [-0.3, -0.25) is 0 Å². The van der Waals surface area contributed by atoms with Crippen LogP contribution < -0.4 is 5.32 Å². The summed E-state index contributed by atoms with van der Waals surface area (Å²) in [6.07, 6.45) is 7.42. The molecule has 0 spiro atoms. The van der Waals surface area contributed by atoms with Crippen molar-refractivity contribution in [1.82, 2.24) is 20.1 Å². The fourth-order valence-electron chi connectivity index (χ4n) is 2.28. The number of aryl methyl sites for hydroxylation is 1. The zero-order valence-corrected chi connectivity index (χ0v) is 9.45. The third-order valence-electron chi connectivity index (χ3n) is 3.23. The molecule has 1 aromatic heterocycles. The maximum Gasteiger partial charge on any atom is 0.146 e. The Morgan fingerprint density at radius 3 is 3.00 bits per heavy atom. The number of rotatable bonds is 5. The van der Waals surface area contributed by atoms with Crippen molar-refractivity contribution in [3.8, 4) is 0 Å². The molecule has 0 radical (unpaired) electrons. The second-order valence-electron chi connectivity index (χ2n) is 4.31. The third-order valence-corrected chi connectivity index (χ3v) is 3.23. The van der Waals surface area contributed by atoms with Crippen molar-refractivity contribution in [2.75, 3.05) is 6.54 Å². The fourth-order valence-corrected chi connectivity index (χ4v) is 2.28. The lowest BCUT2D eigenvalue weighted by atomic mass is 10.1. The molecule has 4 nitrogen and oxygen atoms in total. The summed E-state index contributed by atoms with van der Waals surface area (Å²) in [5, 5.41) is 11.5. The van der Waals surface area contributed by atoms with Crippen LogP contribution in [0.5, 0.6) is 0 Å². The Morgan fingerprint density at radius 2 is 2.27 bits per heavy atom. The summed E-state index contributed by atoms with van der Waals surface area (Å²) in [4.78, 5) is 0. The summed E-state index contributed by atoms with van der Waals surface area (Å²) in [5.74, 6) is 1.94. The number of nitrogens with zero attached hydrogens (tertiary/aromatic N) is 3. The van der Waals surface area contributed by atoms with Gasteiger partial charge in [0.2, 0.25) is 0 Å². The molecule has 1 N–H and O–H groups in total. The highest BCUT2D eigenvalue weighted by atomic mass is 15.3. The highest BCUT2D eigenvalue weighted by molar-refractivity contribution is 4.85. The average molecular weight is 208 g/mol. The van der Waals surface area contributed by atoms with Gasteiger partial charge in [-0.1, -0.05) is 12.8 Å². The first-order valence-corrected chi connectivity index (χ1v) is 5.97. The molecule has 1 aromatic rings. The largest absolute Gasteiger partial charge is 0.317 e. The first-order chi connectivity index (χ1) is 7.40. The number of hydrogen-bond donors (Lipinski definition) is 1. The van der Waals surface area contributed by atoms with E-state index in [4.69, 9.17) is 0 Å². The summed E-state index contributed by atoms with van der Waals surface area (Å²) in [6.45, 7) is 5.05. The van der Waals surface area contributed by atoms with Crippen molar-refractivity contribution in [2.24, 2.45) is 5.92 Å². The molecular formula is C11H20N4. The van der Waals surface area contributed by atoms with Crippen molar-refractivity contribution < 1.29 is 0 Å². The zero-order valence-electron chi connectivity index (χ0n) is 9.45. The molecule has 0 aromatic carbocycles. The van der Waals surface area contributed by atoms with E-state index in [1.807, 2.05) is 0 Å². The van der Waals surface area contributed by atoms with Crippen LogP contribution in [-0.4, -0.2) is 21.3 Å². The van der Waals surface area contributed by atoms with Crippen LogP contribution in [0.3, 0.4) is 0 Å². The Balaban J connectivity index is 1.73. The summed E-state index contributed by atoms with van der Waals surface area (Å²) in [6, 6.07) is 0. The molecule has 1 saturated carbocycles.